The summed E-state index contributed by atoms with van der Waals surface area (Å²) in [5.41, 5.74) is 0.188. The number of rotatable bonds is 13. The lowest BCUT2D eigenvalue weighted by Gasteiger charge is -2.21. The number of sulfonamides is 1. The van der Waals surface area contributed by atoms with Gasteiger partial charge in [0.25, 0.3) is 5.91 Å². The standard InChI is InChI=1S/C33H39ClFN5O5S/c1-6-7-12-30-37-40(28-20-23(15-16-26(28)34)31(41)36-17-18-45-5)32(42)39(30)21-24-14-13-22(19-27(24)35)25-10-8-9-11-29(25)46(43,44)38-33(2,3)4/h8-11,13-16,19-20,38H,6-7,12,17-18,21H2,1-5H3,(H,36,41). The van der Waals surface area contributed by atoms with Gasteiger partial charge in [-0.25, -0.2) is 22.3 Å². The predicted molar refractivity (Wildman–Crippen MR) is 177 cm³/mol. The van der Waals surface area contributed by atoms with E-state index in [-0.39, 0.29) is 39.2 Å². The van der Waals surface area contributed by atoms with Gasteiger partial charge >= 0.3 is 5.69 Å². The van der Waals surface area contributed by atoms with Crippen LogP contribution in [-0.2, 0) is 27.7 Å². The van der Waals surface area contributed by atoms with E-state index in [9.17, 15) is 18.0 Å². The monoisotopic (exact) mass is 671 g/mol. The van der Waals surface area contributed by atoms with Crippen LogP contribution in [0.2, 0.25) is 5.02 Å². The van der Waals surface area contributed by atoms with Crippen molar-refractivity contribution >= 4 is 27.5 Å². The number of benzene rings is 3. The molecule has 4 aromatic rings. The molecule has 4 rings (SSSR count). The highest BCUT2D eigenvalue weighted by Gasteiger charge is 2.25. The highest BCUT2D eigenvalue weighted by atomic mass is 35.5. The summed E-state index contributed by atoms with van der Waals surface area (Å²) in [5.74, 6) is -0.534. The molecule has 0 aliphatic carbocycles. The van der Waals surface area contributed by atoms with Crippen molar-refractivity contribution in [2.24, 2.45) is 0 Å². The Kier molecular flexibility index (Phi) is 11.2. The van der Waals surface area contributed by atoms with Crippen LogP contribution >= 0.6 is 11.6 Å². The molecule has 0 aliphatic rings. The number of nitrogens with zero attached hydrogens (tertiary/aromatic N) is 3. The molecule has 1 heterocycles. The van der Waals surface area contributed by atoms with E-state index < -0.39 is 27.1 Å². The lowest BCUT2D eigenvalue weighted by Crippen LogP contribution is -2.40. The van der Waals surface area contributed by atoms with Gasteiger partial charge in [0.2, 0.25) is 10.0 Å². The maximum absolute atomic E-state index is 15.7. The lowest BCUT2D eigenvalue weighted by molar-refractivity contribution is 0.0937. The Balaban J connectivity index is 1.71. The summed E-state index contributed by atoms with van der Waals surface area (Å²) in [5, 5.41) is 7.50. The van der Waals surface area contributed by atoms with Gasteiger partial charge in [0.1, 0.15) is 11.6 Å². The van der Waals surface area contributed by atoms with E-state index in [1.165, 1.54) is 42.0 Å². The number of ether oxygens (including phenoxy) is 1. The van der Waals surface area contributed by atoms with Gasteiger partial charge < -0.3 is 10.1 Å². The number of nitrogens with one attached hydrogen (secondary N) is 2. The highest BCUT2D eigenvalue weighted by molar-refractivity contribution is 7.89. The second-order valence-corrected chi connectivity index (χ2v) is 13.9. The summed E-state index contributed by atoms with van der Waals surface area (Å²) in [6.45, 7) is 7.77. The number of hydrogen-bond donors (Lipinski definition) is 2. The number of halogens is 2. The topological polar surface area (TPSA) is 124 Å². The third kappa shape index (κ3) is 8.30. The minimum Gasteiger partial charge on any atom is -0.383 e. The van der Waals surface area contributed by atoms with E-state index in [0.717, 1.165) is 17.5 Å². The summed E-state index contributed by atoms with van der Waals surface area (Å²) in [7, 11) is -2.37. The molecule has 1 amide bonds. The lowest BCUT2D eigenvalue weighted by atomic mass is 10.0. The average molecular weight is 672 g/mol. The first-order valence-corrected chi connectivity index (χ1v) is 16.8. The molecule has 0 atom stereocenters. The Labute approximate surface area is 273 Å². The van der Waals surface area contributed by atoms with E-state index in [1.54, 1.807) is 51.1 Å². The molecule has 1 aromatic heterocycles. The van der Waals surface area contributed by atoms with Gasteiger partial charge in [-0.2, -0.15) is 4.68 Å². The smallest absolute Gasteiger partial charge is 0.351 e. The van der Waals surface area contributed by atoms with Crippen molar-refractivity contribution in [3.8, 4) is 16.8 Å². The fourth-order valence-corrected chi connectivity index (χ4v) is 6.72. The van der Waals surface area contributed by atoms with Gasteiger partial charge in [-0.3, -0.25) is 9.36 Å². The van der Waals surface area contributed by atoms with Crippen LogP contribution in [-0.4, -0.2) is 54.5 Å². The van der Waals surface area contributed by atoms with Crippen LogP contribution in [0.25, 0.3) is 16.8 Å². The Morgan fingerprint density at radius 3 is 2.50 bits per heavy atom. The summed E-state index contributed by atoms with van der Waals surface area (Å²) in [6, 6.07) is 15.4. The molecule has 13 heteroatoms. The average Bonchev–Trinajstić information content (AvgIpc) is 3.30. The van der Waals surface area contributed by atoms with Crippen LogP contribution in [0.3, 0.4) is 0 Å². The van der Waals surface area contributed by atoms with E-state index >= 15 is 4.39 Å². The SMILES string of the molecule is CCCCc1nn(-c2cc(C(=O)NCCOC)ccc2Cl)c(=O)n1Cc1ccc(-c2ccccc2S(=O)(=O)NC(C)(C)C)cc1F. The molecule has 0 aliphatic heterocycles. The molecule has 2 N–H and O–H groups in total. The molecule has 46 heavy (non-hydrogen) atoms. The largest absolute Gasteiger partial charge is 0.383 e. The second kappa shape index (κ2) is 14.7. The molecule has 0 bridgehead atoms. The number of unbranched alkanes of at least 4 members (excludes halogenated alkanes) is 1. The Bertz CT molecular complexity index is 1880. The van der Waals surface area contributed by atoms with Crippen LogP contribution < -0.4 is 15.7 Å². The Morgan fingerprint density at radius 2 is 1.83 bits per heavy atom. The van der Waals surface area contributed by atoms with Crippen molar-refractivity contribution in [1.29, 1.82) is 0 Å². The summed E-state index contributed by atoms with van der Waals surface area (Å²) < 4.78 is 52.2. The minimum atomic E-state index is -3.90. The van der Waals surface area contributed by atoms with Gasteiger partial charge in [-0.15, -0.1) is 5.10 Å². The zero-order valence-corrected chi connectivity index (χ0v) is 28.1. The van der Waals surface area contributed by atoms with E-state index in [1.807, 2.05) is 6.92 Å². The molecule has 0 unspecified atom stereocenters. The van der Waals surface area contributed by atoms with Crippen molar-refractivity contribution in [2.45, 2.75) is 63.9 Å². The third-order valence-electron chi connectivity index (χ3n) is 7.03. The molecule has 10 nitrogen and oxygen atoms in total. The molecule has 3 aromatic carbocycles. The van der Waals surface area contributed by atoms with Crippen LogP contribution in [0.5, 0.6) is 0 Å². The molecule has 0 saturated carbocycles. The molecular weight excluding hydrogens is 633 g/mol. The van der Waals surface area contributed by atoms with E-state index in [0.29, 0.717) is 36.5 Å². The Hall–Kier alpha value is -3.84. The van der Waals surface area contributed by atoms with Crippen LogP contribution in [0.1, 0.15) is 62.3 Å². The van der Waals surface area contributed by atoms with Gasteiger partial charge in [0, 0.05) is 42.3 Å². The maximum Gasteiger partial charge on any atom is 0.351 e. The molecule has 246 valence electrons. The zero-order chi connectivity index (χ0) is 33.6. The number of aromatic nitrogens is 3. The normalized spacial score (nSPS) is 12.0. The number of aryl methyl sites for hydroxylation is 1. The summed E-state index contributed by atoms with van der Waals surface area (Å²) >= 11 is 6.47. The van der Waals surface area contributed by atoms with Gasteiger partial charge in [-0.05, 0) is 63.1 Å². The molecule has 0 saturated heterocycles. The number of carbonyl (C=O) groups excluding carboxylic acids is 1. The number of carbonyl (C=O) groups is 1. The van der Waals surface area contributed by atoms with Gasteiger partial charge in [0.05, 0.1) is 28.8 Å². The Morgan fingerprint density at radius 1 is 1.09 bits per heavy atom. The molecule has 0 radical (unpaired) electrons. The van der Waals surface area contributed by atoms with Gasteiger partial charge in [-0.1, -0.05) is 55.3 Å². The first kappa shape index (κ1) is 35.0. The molecule has 0 spiro atoms. The predicted octanol–water partition coefficient (Wildman–Crippen LogP) is 5.34. The zero-order valence-electron chi connectivity index (χ0n) is 26.6. The fourth-order valence-electron chi connectivity index (χ4n) is 4.87. The fraction of sp³-hybridized carbons (Fsp3) is 0.364. The number of amides is 1. The van der Waals surface area contributed by atoms with Crippen LogP contribution in [0.15, 0.2) is 70.4 Å². The van der Waals surface area contributed by atoms with Gasteiger partial charge in [0.15, 0.2) is 0 Å². The second-order valence-electron chi connectivity index (χ2n) is 11.9. The van der Waals surface area contributed by atoms with Crippen molar-refractivity contribution in [2.75, 3.05) is 20.3 Å². The first-order chi connectivity index (χ1) is 21.8. The minimum absolute atomic E-state index is 0.0305. The highest BCUT2D eigenvalue weighted by Crippen LogP contribution is 2.30. The summed E-state index contributed by atoms with van der Waals surface area (Å²) in [4.78, 5) is 26.4. The van der Waals surface area contributed by atoms with Crippen molar-refractivity contribution in [3.63, 3.8) is 0 Å². The third-order valence-corrected chi connectivity index (χ3v) is 9.17. The summed E-state index contributed by atoms with van der Waals surface area (Å²) in [6.07, 6.45) is 2.04. The van der Waals surface area contributed by atoms with E-state index in [2.05, 4.69) is 15.1 Å². The van der Waals surface area contributed by atoms with Crippen LogP contribution in [0.4, 0.5) is 4.39 Å². The van der Waals surface area contributed by atoms with E-state index in [4.69, 9.17) is 16.3 Å². The van der Waals surface area contributed by atoms with Crippen molar-refractivity contribution < 1.29 is 22.3 Å². The van der Waals surface area contributed by atoms with Crippen molar-refractivity contribution in [1.82, 2.24) is 24.4 Å². The van der Waals surface area contributed by atoms with Crippen molar-refractivity contribution in [3.05, 3.63) is 98.9 Å². The number of methoxy groups -OCH3 is 1. The van der Waals surface area contributed by atoms with Crippen LogP contribution in [0, 0.1) is 5.82 Å². The quantitative estimate of drug-likeness (QED) is 0.185. The molecular formula is C33H39ClFN5O5S. The number of hydrogen-bond acceptors (Lipinski definition) is 6. The molecule has 0 fully saturated rings. The first-order valence-electron chi connectivity index (χ1n) is 14.9. The maximum atomic E-state index is 15.7.